The molecule has 0 unspecified atom stereocenters. The van der Waals surface area contributed by atoms with Gasteiger partial charge in [0.25, 0.3) is 5.56 Å². The van der Waals surface area contributed by atoms with Gasteiger partial charge < -0.3 is 10.8 Å². The first-order valence-electron chi connectivity index (χ1n) is 9.25. The number of benzene rings is 1. The van der Waals surface area contributed by atoms with Crippen LogP contribution in [0.1, 0.15) is 22.7 Å². The molecule has 150 valence electrons. The second-order valence-electron chi connectivity index (χ2n) is 6.72. The molecule has 0 aliphatic carbocycles. The summed E-state index contributed by atoms with van der Waals surface area (Å²) in [6.45, 7) is 4.49. The maximum atomic E-state index is 12.9. The van der Waals surface area contributed by atoms with Crippen molar-refractivity contribution in [2.45, 2.75) is 37.7 Å². The number of fused-ring (bicyclic) bond motifs is 2. The molecule has 7 nitrogen and oxygen atoms in total. The van der Waals surface area contributed by atoms with Crippen molar-refractivity contribution in [3.8, 4) is 0 Å². The minimum absolute atomic E-state index is 0.0107. The van der Waals surface area contributed by atoms with Gasteiger partial charge in [0.1, 0.15) is 16.5 Å². The monoisotopic (exact) mass is 427 g/mol. The molecule has 29 heavy (non-hydrogen) atoms. The summed E-state index contributed by atoms with van der Waals surface area (Å²) < 4.78 is 1.62. The van der Waals surface area contributed by atoms with Crippen LogP contribution in [0.3, 0.4) is 0 Å². The van der Waals surface area contributed by atoms with Gasteiger partial charge in [-0.25, -0.2) is 15.0 Å². The lowest BCUT2D eigenvalue weighted by atomic mass is 10.2. The van der Waals surface area contributed by atoms with Crippen molar-refractivity contribution in [3.05, 3.63) is 50.9 Å². The number of nitrogens with zero attached hydrogens (tertiary/aromatic N) is 4. The summed E-state index contributed by atoms with van der Waals surface area (Å²) in [6.07, 6.45) is 0.483. The molecule has 0 saturated carbocycles. The van der Waals surface area contributed by atoms with Crippen molar-refractivity contribution in [1.82, 2.24) is 19.5 Å². The molecule has 9 heteroatoms. The molecule has 0 aliphatic heterocycles. The van der Waals surface area contributed by atoms with Gasteiger partial charge in [0.05, 0.1) is 22.0 Å². The number of aromatic nitrogens is 4. The van der Waals surface area contributed by atoms with E-state index in [0.29, 0.717) is 46.4 Å². The lowest BCUT2D eigenvalue weighted by Crippen LogP contribution is -2.24. The van der Waals surface area contributed by atoms with E-state index in [-0.39, 0.29) is 12.2 Å². The molecule has 0 saturated heterocycles. The SMILES string of the molecule is Cc1sc2nc(CSc3nc4ccccc4c(=O)n3CCCO)nc(N)c2c1C. The topological polar surface area (TPSA) is 107 Å². The lowest BCUT2D eigenvalue weighted by Gasteiger charge is -2.12. The number of aryl methyl sites for hydroxylation is 2. The first-order chi connectivity index (χ1) is 14.0. The molecule has 0 aliphatic rings. The zero-order chi connectivity index (χ0) is 20.5. The maximum absolute atomic E-state index is 12.9. The number of hydrogen-bond acceptors (Lipinski definition) is 8. The fraction of sp³-hybridized carbons (Fsp3) is 0.300. The number of nitrogen functional groups attached to an aromatic ring is 1. The lowest BCUT2D eigenvalue weighted by molar-refractivity contribution is 0.276. The molecule has 0 radical (unpaired) electrons. The van der Waals surface area contributed by atoms with Crippen molar-refractivity contribution < 1.29 is 5.11 Å². The third-order valence-corrected chi connectivity index (χ3v) is 6.87. The summed E-state index contributed by atoms with van der Waals surface area (Å²) in [4.78, 5) is 28.8. The highest BCUT2D eigenvalue weighted by molar-refractivity contribution is 7.98. The highest BCUT2D eigenvalue weighted by Crippen LogP contribution is 2.32. The Morgan fingerprint density at radius 1 is 1.21 bits per heavy atom. The van der Waals surface area contributed by atoms with Crippen LogP contribution in [0, 0.1) is 13.8 Å². The Kier molecular flexibility index (Phi) is 5.53. The molecule has 1 aromatic carbocycles. The molecule has 3 heterocycles. The second kappa shape index (κ2) is 8.10. The summed E-state index contributed by atoms with van der Waals surface area (Å²) in [5.74, 6) is 1.54. The van der Waals surface area contributed by atoms with E-state index in [1.54, 1.807) is 22.0 Å². The molecule has 4 aromatic rings. The van der Waals surface area contributed by atoms with Gasteiger partial charge in [-0.15, -0.1) is 11.3 Å². The zero-order valence-corrected chi connectivity index (χ0v) is 17.8. The van der Waals surface area contributed by atoms with Gasteiger partial charge in [-0.1, -0.05) is 23.9 Å². The van der Waals surface area contributed by atoms with Crippen molar-refractivity contribution in [2.24, 2.45) is 0 Å². The molecule has 4 rings (SSSR count). The number of thiophene rings is 1. The Labute approximate surface area is 175 Å². The Bertz CT molecular complexity index is 1270. The van der Waals surface area contributed by atoms with Crippen LogP contribution < -0.4 is 11.3 Å². The van der Waals surface area contributed by atoms with Crippen molar-refractivity contribution in [1.29, 1.82) is 0 Å². The van der Waals surface area contributed by atoms with Gasteiger partial charge in [-0.05, 0) is 38.0 Å². The number of hydrogen-bond donors (Lipinski definition) is 2. The third kappa shape index (κ3) is 3.73. The zero-order valence-electron chi connectivity index (χ0n) is 16.2. The summed E-state index contributed by atoms with van der Waals surface area (Å²) in [5, 5.41) is 11.3. The summed E-state index contributed by atoms with van der Waals surface area (Å²) >= 11 is 3.01. The van der Waals surface area contributed by atoms with E-state index in [4.69, 9.17) is 5.73 Å². The maximum Gasteiger partial charge on any atom is 0.262 e. The van der Waals surface area contributed by atoms with E-state index < -0.39 is 0 Å². The Balaban J connectivity index is 1.70. The number of thioether (sulfide) groups is 1. The van der Waals surface area contributed by atoms with Gasteiger partial charge >= 0.3 is 0 Å². The Hall–Kier alpha value is -2.49. The van der Waals surface area contributed by atoms with E-state index in [0.717, 1.165) is 15.8 Å². The van der Waals surface area contributed by atoms with Crippen LogP contribution in [0.15, 0.2) is 34.2 Å². The molecule has 3 aromatic heterocycles. The Morgan fingerprint density at radius 2 is 2.00 bits per heavy atom. The number of para-hydroxylation sites is 1. The number of rotatable bonds is 6. The van der Waals surface area contributed by atoms with Crippen molar-refractivity contribution in [2.75, 3.05) is 12.3 Å². The molecular formula is C20H21N5O2S2. The summed E-state index contributed by atoms with van der Waals surface area (Å²) in [5.41, 5.74) is 7.85. The number of aliphatic hydroxyl groups excluding tert-OH is 1. The van der Waals surface area contributed by atoms with Gasteiger partial charge in [-0.2, -0.15) is 0 Å². The van der Waals surface area contributed by atoms with Crippen LogP contribution in [0.2, 0.25) is 0 Å². The van der Waals surface area contributed by atoms with Gasteiger partial charge in [0.15, 0.2) is 5.16 Å². The highest BCUT2D eigenvalue weighted by atomic mass is 32.2. The first-order valence-corrected chi connectivity index (χ1v) is 11.0. The second-order valence-corrected chi connectivity index (χ2v) is 8.87. The normalized spacial score (nSPS) is 11.6. The van der Waals surface area contributed by atoms with E-state index >= 15 is 0 Å². The van der Waals surface area contributed by atoms with Gasteiger partial charge in [-0.3, -0.25) is 9.36 Å². The molecular weight excluding hydrogens is 406 g/mol. The molecule has 3 N–H and O–H groups in total. The average molecular weight is 428 g/mol. The van der Waals surface area contributed by atoms with Crippen LogP contribution in [0.5, 0.6) is 0 Å². The molecule has 0 amide bonds. The highest BCUT2D eigenvalue weighted by Gasteiger charge is 2.15. The van der Waals surface area contributed by atoms with E-state index in [1.165, 1.54) is 16.6 Å². The summed E-state index contributed by atoms with van der Waals surface area (Å²) in [7, 11) is 0. The third-order valence-electron chi connectivity index (χ3n) is 4.80. The van der Waals surface area contributed by atoms with Gasteiger partial charge in [0, 0.05) is 18.0 Å². The molecule has 0 fully saturated rings. The first kappa shape index (κ1) is 19.8. The minimum Gasteiger partial charge on any atom is -0.396 e. The fourth-order valence-electron chi connectivity index (χ4n) is 3.20. The van der Waals surface area contributed by atoms with Crippen LogP contribution in [0.25, 0.3) is 21.1 Å². The average Bonchev–Trinajstić information content (AvgIpc) is 3.00. The van der Waals surface area contributed by atoms with E-state index in [9.17, 15) is 9.90 Å². The number of anilines is 1. The minimum atomic E-state index is -0.105. The standard InChI is InChI=1S/C20H21N5O2S2/c1-11-12(2)29-18-16(11)17(21)23-15(24-18)10-28-20-22-14-7-4-3-6-13(14)19(27)25(20)8-5-9-26/h3-4,6-7,26H,5,8-10H2,1-2H3,(H2,21,23,24). The van der Waals surface area contributed by atoms with Crippen molar-refractivity contribution >= 4 is 50.0 Å². The quantitative estimate of drug-likeness (QED) is 0.359. The van der Waals surface area contributed by atoms with Crippen LogP contribution in [-0.2, 0) is 12.3 Å². The molecule has 0 atom stereocenters. The molecule has 0 spiro atoms. The molecule has 0 bridgehead atoms. The van der Waals surface area contributed by atoms with Crippen LogP contribution in [0.4, 0.5) is 5.82 Å². The number of nitrogens with two attached hydrogens (primary N) is 1. The van der Waals surface area contributed by atoms with Gasteiger partial charge in [0.2, 0.25) is 0 Å². The predicted octanol–water partition coefficient (Wildman–Crippen LogP) is 3.27. The van der Waals surface area contributed by atoms with E-state index in [2.05, 4.69) is 15.0 Å². The summed E-state index contributed by atoms with van der Waals surface area (Å²) in [6, 6.07) is 7.29. The predicted molar refractivity (Wildman–Crippen MR) is 119 cm³/mol. The number of aliphatic hydroxyl groups is 1. The van der Waals surface area contributed by atoms with Crippen molar-refractivity contribution in [3.63, 3.8) is 0 Å². The van der Waals surface area contributed by atoms with Crippen LogP contribution >= 0.6 is 23.1 Å². The largest absolute Gasteiger partial charge is 0.396 e. The smallest absolute Gasteiger partial charge is 0.262 e. The Morgan fingerprint density at radius 3 is 2.79 bits per heavy atom. The van der Waals surface area contributed by atoms with E-state index in [1.807, 2.05) is 32.0 Å². The fourth-order valence-corrected chi connectivity index (χ4v) is 5.14. The van der Waals surface area contributed by atoms with Crippen LogP contribution in [-0.4, -0.2) is 31.2 Å².